The van der Waals surface area contributed by atoms with Gasteiger partial charge in [-0.25, -0.2) is 14.4 Å². The van der Waals surface area contributed by atoms with Crippen LogP contribution >= 0.6 is 0 Å². The zero-order valence-corrected chi connectivity index (χ0v) is 21.0. The standard InChI is InChI=1S/C26H31FN8O2/c1-33(2)26(36)17-9-19(27)11-22(10-17)37-21-4-7-34(8-5-21)15-20(12-28)35-14-18(13-32-35)24-23-3-6-29-25(23)31-16-30-24/h3,6,9-11,13-14,16,20-21H,4-5,7-8,12,15,28H2,1-2H3,(H,29,30,31). The van der Waals surface area contributed by atoms with Crippen LogP contribution in [0.25, 0.3) is 22.3 Å². The van der Waals surface area contributed by atoms with Crippen LogP contribution in [0.15, 0.2) is 49.2 Å². The van der Waals surface area contributed by atoms with Crippen molar-refractivity contribution in [2.45, 2.75) is 25.0 Å². The number of nitrogens with zero attached hydrogens (tertiary/aromatic N) is 6. The van der Waals surface area contributed by atoms with Gasteiger partial charge in [-0.2, -0.15) is 5.10 Å². The van der Waals surface area contributed by atoms with Crippen molar-refractivity contribution in [1.29, 1.82) is 0 Å². The Morgan fingerprint density at radius 3 is 2.84 bits per heavy atom. The first kappa shape index (κ1) is 24.8. The van der Waals surface area contributed by atoms with E-state index in [0.29, 0.717) is 12.3 Å². The number of halogens is 1. The summed E-state index contributed by atoms with van der Waals surface area (Å²) in [6.07, 6.45) is 8.73. The first-order valence-corrected chi connectivity index (χ1v) is 12.3. The summed E-state index contributed by atoms with van der Waals surface area (Å²) in [7, 11) is 3.28. The number of carbonyl (C=O) groups excluding carboxylic acids is 1. The molecule has 1 aliphatic heterocycles. The number of nitrogens with two attached hydrogens (primary N) is 1. The van der Waals surface area contributed by atoms with Crippen molar-refractivity contribution in [1.82, 2.24) is 34.5 Å². The highest BCUT2D eigenvalue weighted by Crippen LogP contribution is 2.26. The molecule has 1 aromatic carbocycles. The molecule has 0 radical (unpaired) electrons. The molecule has 11 heteroatoms. The van der Waals surface area contributed by atoms with Gasteiger partial charge in [-0.05, 0) is 31.0 Å². The number of piperidine rings is 1. The van der Waals surface area contributed by atoms with Crippen LogP contribution in [0.4, 0.5) is 4.39 Å². The minimum absolute atomic E-state index is 0.0117. The Labute approximate surface area is 214 Å². The van der Waals surface area contributed by atoms with E-state index in [2.05, 4.69) is 25.0 Å². The monoisotopic (exact) mass is 506 g/mol. The average Bonchev–Trinajstić information content (AvgIpc) is 3.57. The molecule has 0 aliphatic carbocycles. The minimum Gasteiger partial charge on any atom is -0.490 e. The summed E-state index contributed by atoms with van der Waals surface area (Å²) in [5.74, 6) is -0.358. The summed E-state index contributed by atoms with van der Waals surface area (Å²) in [6, 6.07) is 6.14. The molecule has 1 atom stereocenters. The van der Waals surface area contributed by atoms with Crippen LogP contribution in [0, 0.1) is 5.82 Å². The molecular formula is C26H31FN8O2. The number of carbonyl (C=O) groups is 1. The molecule has 3 N–H and O–H groups in total. The Morgan fingerprint density at radius 1 is 1.27 bits per heavy atom. The highest BCUT2D eigenvalue weighted by atomic mass is 19.1. The number of rotatable bonds is 8. The maximum atomic E-state index is 14.1. The van der Waals surface area contributed by atoms with E-state index >= 15 is 0 Å². The number of hydrogen-bond donors (Lipinski definition) is 2. The Kier molecular flexibility index (Phi) is 7.15. The number of H-pyrrole nitrogens is 1. The summed E-state index contributed by atoms with van der Waals surface area (Å²) >= 11 is 0. The van der Waals surface area contributed by atoms with E-state index in [1.165, 1.54) is 17.0 Å². The molecule has 3 aromatic heterocycles. The molecule has 37 heavy (non-hydrogen) atoms. The van der Waals surface area contributed by atoms with Gasteiger partial charge in [0.1, 0.15) is 29.6 Å². The summed E-state index contributed by atoms with van der Waals surface area (Å²) < 4.78 is 22.1. The van der Waals surface area contributed by atoms with E-state index in [0.717, 1.165) is 54.8 Å². The zero-order valence-electron chi connectivity index (χ0n) is 21.0. The SMILES string of the molecule is CN(C)C(=O)c1cc(F)cc(OC2CCN(CC(CN)n3cc(-c4ncnc5[nH]ccc45)cn3)CC2)c1. The van der Waals surface area contributed by atoms with Gasteiger partial charge < -0.3 is 25.3 Å². The first-order valence-electron chi connectivity index (χ1n) is 12.3. The van der Waals surface area contributed by atoms with Crippen LogP contribution in [0.5, 0.6) is 5.75 Å². The smallest absolute Gasteiger partial charge is 0.253 e. The molecule has 4 aromatic rings. The normalized spacial score (nSPS) is 15.7. The Hall–Kier alpha value is -3.83. The molecule has 0 saturated carbocycles. The van der Waals surface area contributed by atoms with Gasteiger partial charge in [0, 0.05) is 75.2 Å². The fourth-order valence-electron chi connectivity index (χ4n) is 4.74. The number of aromatic amines is 1. The van der Waals surface area contributed by atoms with E-state index in [1.807, 2.05) is 29.3 Å². The second-order valence-corrected chi connectivity index (χ2v) is 9.55. The summed E-state index contributed by atoms with van der Waals surface area (Å²) in [5, 5.41) is 5.53. The predicted octanol–water partition coefficient (Wildman–Crippen LogP) is 2.71. The van der Waals surface area contributed by atoms with Gasteiger partial charge >= 0.3 is 0 Å². The van der Waals surface area contributed by atoms with Crippen molar-refractivity contribution < 1.29 is 13.9 Å². The number of nitrogens with one attached hydrogen (secondary N) is 1. The van der Waals surface area contributed by atoms with E-state index < -0.39 is 5.82 Å². The molecule has 194 valence electrons. The molecule has 0 spiro atoms. The van der Waals surface area contributed by atoms with Crippen molar-refractivity contribution in [2.24, 2.45) is 5.73 Å². The molecule has 1 saturated heterocycles. The lowest BCUT2D eigenvalue weighted by Crippen LogP contribution is -2.42. The minimum atomic E-state index is -0.483. The summed E-state index contributed by atoms with van der Waals surface area (Å²) in [5.41, 5.74) is 8.95. The lowest BCUT2D eigenvalue weighted by molar-refractivity contribution is 0.0820. The largest absolute Gasteiger partial charge is 0.490 e. The molecule has 1 fully saturated rings. The Balaban J connectivity index is 1.19. The third-order valence-electron chi connectivity index (χ3n) is 6.71. The van der Waals surface area contributed by atoms with E-state index in [4.69, 9.17) is 10.5 Å². The van der Waals surface area contributed by atoms with Crippen LogP contribution < -0.4 is 10.5 Å². The quantitative estimate of drug-likeness (QED) is 0.377. The van der Waals surface area contributed by atoms with Crippen molar-refractivity contribution in [3.05, 3.63) is 60.6 Å². The Morgan fingerprint density at radius 2 is 2.08 bits per heavy atom. The number of benzene rings is 1. The van der Waals surface area contributed by atoms with Crippen molar-refractivity contribution >= 4 is 16.9 Å². The van der Waals surface area contributed by atoms with E-state index in [1.54, 1.807) is 26.5 Å². The summed E-state index contributed by atoms with van der Waals surface area (Å²) in [6.45, 7) is 2.86. The van der Waals surface area contributed by atoms with Crippen LogP contribution in [-0.2, 0) is 0 Å². The Bertz CT molecular complexity index is 1380. The summed E-state index contributed by atoms with van der Waals surface area (Å²) in [4.78, 5) is 27.8. The predicted molar refractivity (Wildman–Crippen MR) is 138 cm³/mol. The van der Waals surface area contributed by atoms with Gasteiger partial charge in [0.05, 0.1) is 17.9 Å². The van der Waals surface area contributed by atoms with Gasteiger partial charge in [-0.1, -0.05) is 0 Å². The van der Waals surface area contributed by atoms with Gasteiger partial charge in [0.15, 0.2) is 0 Å². The number of ether oxygens (including phenoxy) is 1. The van der Waals surface area contributed by atoms with Gasteiger partial charge in [-0.15, -0.1) is 0 Å². The van der Waals surface area contributed by atoms with Crippen LogP contribution in [0.1, 0.15) is 29.2 Å². The maximum absolute atomic E-state index is 14.1. The van der Waals surface area contributed by atoms with Crippen LogP contribution in [-0.4, -0.2) is 86.8 Å². The molecular weight excluding hydrogens is 475 g/mol. The second kappa shape index (κ2) is 10.7. The average molecular weight is 507 g/mol. The van der Waals surface area contributed by atoms with Crippen molar-refractivity contribution in [3.63, 3.8) is 0 Å². The molecule has 1 aliphatic rings. The van der Waals surface area contributed by atoms with E-state index in [9.17, 15) is 9.18 Å². The number of amides is 1. The van der Waals surface area contributed by atoms with Crippen molar-refractivity contribution in [3.8, 4) is 17.0 Å². The fourth-order valence-corrected chi connectivity index (χ4v) is 4.74. The van der Waals surface area contributed by atoms with Crippen LogP contribution in [0.3, 0.4) is 0 Å². The highest BCUT2D eigenvalue weighted by molar-refractivity contribution is 5.94. The topological polar surface area (TPSA) is 118 Å². The number of hydrogen-bond acceptors (Lipinski definition) is 7. The first-order chi connectivity index (χ1) is 17.9. The number of fused-ring (bicyclic) bond motifs is 1. The third-order valence-corrected chi connectivity index (χ3v) is 6.71. The second-order valence-electron chi connectivity index (χ2n) is 9.55. The zero-order chi connectivity index (χ0) is 25.9. The maximum Gasteiger partial charge on any atom is 0.253 e. The number of likely N-dealkylation sites (tertiary alicyclic amines) is 1. The van der Waals surface area contributed by atoms with Gasteiger partial charge in [0.25, 0.3) is 5.91 Å². The van der Waals surface area contributed by atoms with Gasteiger partial charge in [-0.3, -0.25) is 9.48 Å². The molecule has 5 rings (SSSR count). The van der Waals surface area contributed by atoms with Crippen LogP contribution in [0.2, 0.25) is 0 Å². The molecule has 1 unspecified atom stereocenters. The van der Waals surface area contributed by atoms with E-state index in [-0.39, 0.29) is 23.6 Å². The molecule has 4 heterocycles. The molecule has 0 bridgehead atoms. The van der Waals surface area contributed by atoms with Crippen molar-refractivity contribution in [2.75, 3.05) is 40.3 Å². The fraction of sp³-hybridized carbons (Fsp3) is 0.385. The number of aromatic nitrogens is 5. The lowest BCUT2D eigenvalue weighted by atomic mass is 10.1. The van der Waals surface area contributed by atoms with Gasteiger partial charge in [0.2, 0.25) is 0 Å². The molecule has 10 nitrogen and oxygen atoms in total. The lowest BCUT2D eigenvalue weighted by Gasteiger charge is -2.34. The third kappa shape index (κ3) is 5.47. The highest BCUT2D eigenvalue weighted by Gasteiger charge is 2.24. The molecule has 1 amide bonds.